The van der Waals surface area contributed by atoms with Gasteiger partial charge in [0.2, 0.25) is 0 Å². The van der Waals surface area contributed by atoms with Gasteiger partial charge in [-0.1, -0.05) is 70.5 Å². The van der Waals surface area contributed by atoms with Crippen LogP contribution in [0.4, 0.5) is 0 Å². The summed E-state index contributed by atoms with van der Waals surface area (Å²) in [7, 11) is 0. The maximum atomic E-state index is 12.1. The molecule has 4 aromatic carbocycles. The van der Waals surface area contributed by atoms with Gasteiger partial charge in [-0.15, -0.1) is 0 Å². The molecule has 0 unspecified atom stereocenters. The molecule has 0 saturated carbocycles. The largest absolute Gasteiger partial charge is 0.350 e. The van der Waals surface area contributed by atoms with E-state index in [1.807, 2.05) is 91.0 Å². The van der Waals surface area contributed by atoms with Crippen LogP contribution in [0.2, 0.25) is 0 Å². The molecular formula is C30H19BrN4O2. The third-order valence-corrected chi connectivity index (χ3v) is 7.30. The van der Waals surface area contributed by atoms with E-state index in [0.29, 0.717) is 11.0 Å². The van der Waals surface area contributed by atoms with Crippen molar-refractivity contribution in [3.8, 4) is 0 Å². The van der Waals surface area contributed by atoms with E-state index in [1.165, 1.54) is 0 Å². The number of aromatic amines is 4. The molecule has 4 aromatic heterocycles. The van der Waals surface area contributed by atoms with E-state index < -0.39 is 0 Å². The summed E-state index contributed by atoms with van der Waals surface area (Å²) in [6, 6.07) is 29.7. The molecular weight excluding hydrogens is 528 g/mol. The number of hydrogen-bond donors (Lipinski definition) is 4. The van der Waals surface area contributed by atoms with Crippen molar-refractivity contribution in [3.05, 3.63) is 116 Å². The second-order valence-electron chi connectivity index (χ2n) is 8.98. The summed E-state index contributed by atoms with van der Waals surface area (Å²) in [6.07, 6.45) is 0. The van der Waals surface area contributed by atoms with Crippen molar-refractivity contribution in [2.75, 3.05) is 0 Å². The lowest BCUT2D eigenvalue weighted by molar-refractivity contribution is 1.32. The fourth-order valence-corrected chi connectivity index (χ4v) is 5.56. The molecule has 0 bridgehead atoms. The van der Waals surface area contributed by atoms with Crippen LogP contribution in [0.5, 0.6) is 0 Å². The molecule has 0 radical (unpaired) electrons. The Bertz CT molecular complexity index is 2270. The molecule has 4 heterocycles. The molecule has 0 amide bonds. The minimum Gasteiger partial charge on any atom is -0.350 e. The van der Waals surface area contributed by atoms with Crippen LogP contribution in [0.15, 0.2) is 105 Å². The minimum atomic E-state index is -0.0824. The Morgan fingerprint density at radius 1 is 0.459 bits per heavy atom. The summed E-state index contributed by atoms with van der Waals surface area (Å²) in [5.74, 6) is 0. The number of aromatic nitrogens is 4. The SMILES string of the molecule is O=c1[nH]c2ccccc2c2c1[nH]c1ccc(Br)cc12.O=c1[nH]c2ccccc2c2c1[nH]c1ccccc12. The maximum Gasteiger partial charge on any atom is 0.272 e. The van der Waals surface area contributed by atoms with Crippen molar-refractivity contribution in [3.63, 3.8) is 0 Å². The van der Waals surface area contributed by atoms with Gasteiger partial charge in [0, 0.05) is 58.9 Å². The summed E-state index contributed by atoms with van der Waals surface area (Å²) in [6.45, 7) is 0. The lowest BCUT2D eigenvalue weighted by atomic mass is 10.1. The third-order valence-electron chi connectivity index (χ3n) is 6.81. The first-order chi connectivity index (χ1) is 18.1. The van der Waals surface area contributed by atoms with Crippen molar-refractivity contribution in [2.45, 2.75) is 0 Å². The molecule has 8 rings (SSSR count). The first kappa shape index (κ1) is 21.6. The Balaban J connectivity index is 0.000000125. The van der Waals surface area contributed by atoms with Gasteiger partial charge in [0.1, 0.15) is 11.0 Å². The van der Waals surface area contributed by atoms with Gasteiger partial charge >= 0.3 is 0 Å². The molecule has 7 heteroatoms. The molecule has 4 N–H and O–H groups in total. The van der Waals surface area contributed by atoms with Gasteiger partial charge < -0.3 is 19.9 Å². The Morgan fingerprint density at radius 2 is 0.865 bits per heavy atom. The standard InChI is InChI=1S/C15H9BrN2O.C15H10N2O/c16-8-5-6-12-10(7-8)13-9-3-1-2-4-11(9)18-15(19)14(13)17-12;18-15-14-13(9-5-1-3-7-11(9)16-14)10-6-2-4-8-12(10)17-15/h1-7,17H,(H,18,19);1-8,16H,(H,17,18). The van der Waals surface area contributed by atoms with Crippen LogP contribution in [0.3, 0.4) is 0 Å². The summed E-state index contributed by atoms with van der Waals surface area (Å²) < 4.78 is 1.00. The smallest absolute Gasteiger partial charge is 0.272 e. The van der Waals surface area contributed by atoms with Crippen LogP contribution in [-0.4, -0.2) is 19.9 Å². The molecule has 37 heavy (non-hydrogen) atoms. The molecule has 0 saturated heterocycles. The Hall–Kier alpha value is -4.62. The minimum absolute atomic E-state index is 0.0695. The molecule has 0 aliphatic rings. The highest BCUT2D eigenvalue weighted by atomic mass is 79.9. The number of pyridine rings is 2. The highest BCUT2D eigenvalue weighted by Gasteiger charge is 2.12. The Morgan fingerprint density at radius 3 is 1.38 bits per heavy atom. The lowest BCUT2D eigenvalue weighted by Gasteiger charge is -1.99. The van der Waals surface area contributed by atoms with Crippen LogP contribution in [-0.2, 0) is 0 Å². The normalized spacial score (nSPS) is 11.6. The van der Waals surface area contributed by atoms with Crippen LogP contribution in [0, 0.1) is 0 Å². The van der Waals surface area contributed by atoms with Crippen molar-refractivity contribution >= 4 is 81.3 Å². The van der Waals surface area contributed by atoms with Crippen molar-refractivity contribution in [1.82, 2.24) is 19.9 Å². The van der Waals surface area contributed by atoms with Crippen LogP contribution < -0.4 is 11.1 Å². The number of para-hydroxylation sites is 3. The molecule has 6 nitrogen and oxygen atoms in total. The van der Waals surface area contributed by atoms with Crippen molar-refractivity contribution < 1.29 is 0 Å². The topological polar surface area (TPSA) is 97.3 Å². The zero-order valence-electron chi connectivity index (χ0n) is 19.4. The second kappa shape index (κ2) is 8.21. The number of benzene rings is 4. The molecule has 0 fully saturated rings. The number of halogens is 1. The van der Waals surface area contributed by atoms with E-state index in [0.717, 1.165) is 58.9 Å². The predicted molar refractivity (Wildman–Crippen MR) is 156 cm³/mol. The van der Waals surface area contributed by atoms with E-state index in [9.17, 15) is 9.59 Å². The van der Waals surface area contributed by atoms with Crippen LogP contribution in [0.25, 0.3) is 65.4 Å². The van der Waals surface area contributed by atoms with Crippen LogP contribution in [0.1, 0.15) is 0 Å². The van der Waals surface area contributed by atoms with Gasteiger partial charge in [0.25, 0.3) is 11.1 Å². The molecule has 0 aliphatic heterocycles. The Labute approximate surface area is 217 Å². The number of fused-ring (bicyclic) bond motifs is 10. The number of rotatable bonds is 0. The molecule has 8 aromatic rings. The summed E-state index contributed by atoms with van der Waals surface area (Å²) >= 11 is 3.49. The van der Waals surface area contributed by atoms with E-state index >= 15 is 0 Å². The molecule has 0 atom stereocenters. The fourth-order valence-electron chi connectivity index (χ4n) is 5.20. The average Bonchev–Trinajstić information content (AvgIpc) is 3.49. The van der Waals surface area contributed by atoms with Gasteiger partial charge in [-0.25, -0.2) is 0 Å². The lowest BCUT2D eigenvalue weighted by Crippen LogP contribution is -2.05. The third kappa shape index (κ3) is 3.39. The van der Waals surface area contributed by atoms with Gasteiger partial charge in [-0.3, -0.25) is 9.59 Å². The quantitative estimate of drug-likeness (QED) is 0.163. The van der Waals surface area contributed by atoms with Gasteiger partial charge in [-0.05, 0) is 36.4 Å². The number of nitrogens with one attached hydrogen (secondary N) is 4. The Kier molecular flexibility index (Phi) is 4.81. The first-order valence-electron chi connectivity index (χ1n) is 11.8. The van der Waals surface area contributed by atoms with E-state index in [-0.39, 0.29) is 11.1 Å². The molecule has 0 spiro atoms. The predicted octanol–water partition coefficient (Wildman–Crippen LogP) is 7.09. The van der Waals surface area contributed by atoms with Gasteiger partial charge in [0.05, 0.1) is 0 Å². The highest BCUT2D eigenvalue weighted by Crippen LogP contribution is 2.31. The second-order valence-corrected chi connectivity index (χ2v) is 9.90. The number of H-pyrrole nitrogens is 4. The van der Waals surface area contributed by atoms with Crippen LogP contribution >= 0.6 is 15.9 Å². The van der Waals surface area contributed by atoms with Crippen molar-refractivity contribution in [2.24, 2.45) is 0 Å². The monoisotopic (exact) mass is 546 g/mol. The first-order valence-corrected chi connectivity index (χ1v) is 12.6. The highest BCUT2D eigenvalue weighted by molar-refractivity contribution is 9.10. The van der Waals surface area contributed by atoms with Crippen molar-refractivity contribution in [1.29, 1.82) is 0 Å². The maximum absolute atomic E-state index is 12.1. The summed E-state index contributed by atoms with van der Waals surface area (Å²) in [4.78, 5) is 36.4. The van der Waals surface area contributed by atoms with E-state index in [1.54, 1.807) is 0 Å². The summed E-state index contributed by atoms with van der Waals surface area (Å²) in [5, 5.41) is 6.27. The fraction of sp³-hybridized carbons (Fsp3) is 0. The molecule has 178 valence electrons. The average molecular weight is 547 g/mol. The van der Waals surface area contributed by atoms with Gasteiger partial charge in [0.15, 0.2) is 0 Å². The number of hydrogen-bond acceptors (Lipinski definition) is 2. The van der Waals surface area contributed by atoms with E-state index in [4.69, 9.17) is 0 Å². The molecule has 0 aliphatic carbocycles. The zero-order valence-corrected chi connectivity index (χ0v) is 20.9. The summed E-state index contributed by atoms with van der Waals surface area (Å²) in [5.41, 5.74) is 4.83. The van der Waals surface area contributed by atoms with E-state index in [2.05, 4.69) is 35.9 Å². The van der Waals surface area contributed by atoms with Gasteiger partial charge in [-0.2, -0.15) is 0 Å². The zero-order chi connectivity index (χ0) is 25.1.